The van der Waals surface area contributed by atoms with Gasteiger partial charge in [0.25, 0.3) is 11.5 Å². The Balaban J connectivity index is 1.33. The van der Waals surface area contributed by atoms with E-state index in [0.29, 0.717) is 44.9 Å². The number of pyridine rings is 1. The van der Waals surface area contributed by atoms with E-state index in [2.05, 4.69) is 10.2 Å². The summed E-state index contributed by atoms with van der Waals surface area (Å²) < 4.78 is 1.70. The topological polar surface area (TPSA) is 115 Å². The van der Waals surface area contributed by atoms with Crippen LogP contribution < -0.4 is 10.9 Å². The lowest BCUT2D eigenvalue weighted by Crippen LogP contribution is -2.53. The third kappa shape index (κ3) is 5.57. The minimum absolute atomic E-state index is 0.0648. The minimum Gasteiger partial charge on any atom is -0.465 e. The molecule has 0 saturated carbocycles. The standard InChI is InChI=1S/C27H38N4O5/c1-18(2)31-23-6-4-5-19(3)21(23)15-22(25(31)33)24(32)28-16-20-7-11-29(12-8-20)17-27(36)9-13-30(14-10-27)26(34)35/h4-6,15,18,20,36H,7-14,16-17H2,1-3H3,(H,28,32)(H,34,35). The van der Waals surface area contributed by atoms with Crippen LogP contribution in [-0.2, 0) is 0 Å². The fraction of sp³-hybridized carbons (Fsp3) is 0.593. The Morgan fingerprint density at radius 2 is 1.81 bits per heavy atom. The molecular formula is C27H38N4O5. The monoisotopic (exact) mass is 498 g/mol. The highest BCUT2D eigenvalue weighted by Gasteiger charge is 2.36. The number of aliphatic hydroxyl groups is 1. The predicted molar refractivity (Wildman–Crippen MR) is 139 cm³/mol. The zero-order valence-electron chi connectivity index (χ0n) is 21.5. The molecule has 9 heteroatoms. The number of nitrogens with one attached hydrogen (secondary N) is 1. The molecule has 3 heterocycles. The molecule has 36 heavy (non-hydrogen) atoms. The third-order valence-corrected chi connectivity index (χ3v) is 7.80. The van der Waals surface area contributed by atoms with Gasteiger partial charge in [0.2, 0.25) is 0 Å². The van der Waals surface area contributed by atoms with Gasteiger partial charge in [-0.05, 0) is 83.2 Å². The number of carboxylic acid groups (broad SMARTS) is 1. The number of piperidine rings is 2. The lowest BCUT2D eigenvalue weighted by molar-refractivity contribution is -0.0463. The number of aromatic nitrogens is 1. The van der Waals surface area contributed by atoms with E-state index in [1.54, 1.807) is 10.6 Å². The highest BCUT2D eigenvalue weighted by Crippen LogP contribution is 2.26. The van der Waals surface area contributed by atoms with E-state index in [1.165, 1.54) is 4.90 Å². The summed E-state index contributed by atoms with van der Waals surface area (Å²) in [6.45, 7) is 9.31. The van der Waals surface area contributed by atoms with Gasteiger partial charge < -0.3 is 29.9 Å². The van der Waals surface area contributed by atoms with Crippen LogP contribution in [0, 0.1) is 12.8 Å². The third-order valence-electron chi connectivity index (χ3n) is 7.80. The molecule has 2 fully saturated rings. The van der Waals surface area contributed by atoms with Gasteiger partial charge in [-0.15, -0.1) is 0 Å². The molecule has 3 N–H and O–H groups in total. The van der Waals surface area contributed by atoms with E-state index >= 15 is 0 Å². The molecule has 0 spiro atoms. The molecular weight excluding hydrogens is 460 g/mol. The minimum atomic E-state index is -0.929. The first kappa shape index (κ1) is 26.2. The van der Waals surface area contributed by atoms with Crippen molar-refractivity contribution >= 4 is 22.9 Å². The number of fused-ring (bicyclic) bond motifs is 1. The molecule has 0 radical (unpaired) electrons. The predicted octanol–water partition coefficient (Wildman–Crippen LogP) is 2.84. The molecule has 2 saturated heterocycles. The van der Waals surface area contributed by atoms with Gasteiger partial charge in [-0.25, -0.2) is 4.79 Å². The Kier molecular flexibility index (Phi) is 7.70. The van der Waals surface area contributed by atoms with Crippen molar-refractivity contribution in [3.05, 3.63) is 45.7 Å². The quantitative estimate of drug-likeness (QED) is 0.564. The zero-order chi connectivity index (χ0) is 26.0. The highest BCUT2D eigenvalue weighted by molar-refractivity contribution is 5.98. The Morgan fingerprint density at radius 3 is 2.42 bits per heavy atom. The van der Waals surface area contributed by atoms with Crippen LogP contribution in [0.3, 0.4) is 0 Å². The second-order valence-corrected chi connectivity index (χ2v) is 10.8. The molecule has 4 rings (SSSR count). The summed E-state index contributed by atoms with van der Waals surface area (Å²) in [5, 5.41) is 24.0. The van der Waals surface area contributed by atoms with Crippen molar-refractivity contribution in [3.63, 3.8) is 0 Å². The maximum Gasteiger partial charge on any atom is 0.407 e. The lowest BCUT2D eigenvalue weighted by Gasteiger charge is -2.42. The smallest absolute Gasteiger partial charge is 0.407 e. The summed E-state index contributed by atoms with van der Waals surface area (Å²) in [6, 6.07) is 7.49. The Hall–Kier alpha value is -2.91. The van der Waals surface area contributed by atoms with Gasteiger partial charge in [0.1, 0.15) is 5.56 Å². The number of carbonyl (C=O) groups excluding carboxylic acids is 1. The van der Waals surface area contributed by atoms with E-state index < -0.39 is 11.7 Å². The van der Waals surface area contributed by atoms with Crippen LogP contribution in [0.1, 0.15) is 61.5 Å². The van der Waals surface area contributed by atoms with Crippen molar-refractivity contribution in [1.29, 1.82) is 0 Å². The summed E-state index contributed by atoms with van der Waals surface area (Å²) in [7, 11) is 0. The molecule has 2 amide bonds. The summed E-state index contributed by atoms with van der Waals surface area (Å²) in [6.07, 6.45) is 1.76. The number of benzene rings is 1. The first-order chi connectivity index (χ1) is 17.1. The first-order valence-corrected chi connectivity index (χ1v) is 12.9. The van der Waals surface area contributed by atoms with E-state index in [9.17, 15) is 19.5 Å². The van der Waals surface area contributed by atoms with E-state index in [4.69, 9.17) is 5.11 Å². The normalized spacial score (nSPS) is 19.1. The molecule has 196 valence electrons. The number of hydrogen-bond donors (Lipinski definition) is 3. The molecule has 0 atom stereocenters. The van der Waals surface area contributed by atoms with Crippen LogP contribution in [0.15, 0.2) is 29.1 Å². The molecule has 2 aliphatic heterocycles. The molecule has 9 nitrogen and oxygen atoms in total. The van der Waals surface area contributed by atoms with Crippen LogP contribution in [0.4, 0.5) is 4.79 Å². The van der Waals surface area contributed by atoms with Crippen molar-refractivity contribution in [2.75, 3.05) is 39.3 Å². The van der Waals surface area contributed by atoms with Crippen LogP contribution in [0.5, 0.6) is 0 Å². The maximum absolute atomic E-state index is 13.2. The van der Waals surface area contributed by atoms with Crippen molar-refractivity contribution in [1.82, 2.24) is 19.7 Å². The van der Waals surface area contributed by atoms with Gasteiger partial charge in [0.05, 0.1) is 11.1 Å². The van der Waals surface area contributed by atoms with E-state index in [0.717, 1.165) is 42.4 Å². The summed E-state index contributed by atoms with van der Waals surface area (Å²) in [4.78, 5) is 41.0. The Bertz CT molecular complexity index is 1170. The largest absolute Gasteiger partial charge is 0.465 e. The molecule has 0 bridgehead atoms. The van der Waals surface area contributed by atoms with Gasteiger partial charge in [-0.1, -0.05) is 12.1 Å². The van der Waals surface area contributed by atoms with Crippen molar-refractivity contribution < 1.29 is 19.8 Å². The number of rotatable bonds is 6. The molecule has 0 aliphatic carbocycles. The zero-order valence-corrected chi connectivity index (χ0v) is 21.5. The van der Waals surface area contributed by atoms with E-state index in [1.807, 2.05) is 39.0 Å². The number of nitrogens with zero attached hydrogens (tertiary/aromatic N) is 3. The van der Waals surface area contributed by atoms with Crippen molar-refractivity contribution in [3.8, 4) is 0 Å². The van der Waals surface area contributed by atoms with Crippen LogP contribution >= 0.6 is 0 Å². The highest BCUT2D eigenvalue weighted by atomic mass is 16.4. The Morgan fingerprint density at radius 1 is 1.14 bits per heavy atom. The molecule has 2 aliphatic rings. The fourth-order valence-electron chi connectivity index (χ4n) is 5.55. The summed E-state index contributed by atoms with van der Waals surface area (Å²) in [5.41, 5.74) is 0.931. The van der Waals surface area contributed by atoms with Crippen LogP contribution in [0.25, 0.3) is 10.9 Å². The summed E-state index contributed by atoms with van der Waals surface area (Å²) >= 11 is 0. The Labute approximate surface area is 211 Å². The molecule has 1 aromatic heterocycles. The number of carbonyl (C=O) groups is 2. The SMILES string of the molecule is Cc1cccc2c1cc(C(=O)NCC1CCN(CC3(O)CCN(C(=O)O)CC3)CC1)c(=O)n2C(C)C. The number of likely N-dealkylation sites (tertiary alicyclic amines) is 2. The molecule has 1 aromatic carbocycles. The van der Waals surface area contributed by atoms with Gasteiger partial charge >= 0.3 is 6.09 Å². The first-order valence-electron chi connectivity index (χ1n) is 12.9. The average molecular weight is 499 g/mol. The lowest BCUT2D eigenvalue weighted by atomic mass is 9.89. The number of aryl methyl sites for hydroxylation is 1. The summed E-state index contributed by atoms with van der Waals surface area (Å²) in [5.74, 6) is -0.0234. The van der Waals surface area contributed by atoms with Gasteiger partial charge in [-0.3, -0.25) is 9.59 Å². The number of β-amino-alcohol motifs (C(OH)–C–C–N with tert-alkyl or cyclic N) is 1. The fourth-order valence-corrected chi connectivity index (χ4v) is 5.55. The van der Waals surface area contributed by atoms with Gasteiger partial charge in [0.15, 0.2) is 0 Å². The van der Waals surface area contributed by atoms with Crippen molar-refractivity contribution in [2.45, 2.75) is 58.1 Å². The molecule has 2 aromatic rings. The number of amides is 2. The maximum atomic E-state index is 13.2. The molecule has 0 unspecified atom stereocenters. The number of hydrogen-bond acceptors (Lipinski definition) is 5. The van der Waals surface area contributed by atoms with Crippen LogP contribution in [0.2, 0.25) is 0 Å². The van der Waals surface area contributed by atoms with E-state index in [-0.39, 0.29) is 23.1 Å². The van der Waals surface area contributed by atoms with Gasteiger partial charge in [0, 0.05) is 37.6 Å². The average Bonchev–Trinajstić information content (AvgIpc) is 2.83. The van der Waals surface area contributed by atoms with Crippen LogP contribution in [-0.4, -0.2) is 81.4 Å². The second kappa shape index (κ2) is 10.6. The second-order valence-electron chi connectivity index (χ2n) is 10.8. The van der Waals surface area contributed by atoms with Crippen molar-refractivity contribution in [2.24, 2.45) is 5.92 Å². The van der Waals surface area contributed by atoms with Gasteiger partial charge in [-0.2, -0.15) is 0 Å².